The van der Waals surface area contributed by atoms with Crippen LogP contribution >= 0.6 is 15.6 Å². The van der Waals surface area contributed by atoms with E-state index in [0.717, 1.165) is 6.33 Å². The van der Waals surface area contributed by atoms with Crippen molar-refractivity contribution >= 4 is 43.5 Å². The first-order valence-electron chi connectivity index (χ1n) is 13.8. The molecule has 0 spiro atoms. The maximum Gasteiger partial charge on any atom is 0.472 e. The Labute approximate surface area is 252 Å². The average molecular weight is 669 g/mol. The number of pyridine rings is 1. The molecule has 0 radical (unpaired) electrons. The summed E-state index contributed by atoms with van der Waals surface area (Å²) in [7, 11) is -9.93. The molecule has 2 saturated heterocycles. The van der Waals surface area contributed by atoms with Crippen molar-refractivity contribution in [3.63, 3.8) is 0 Å². The third-order valence-corrected chi connectivity index (χ3v) is 10.3. The fourth-order valence-electron chi connectivity index (χ4n) is 6.29. The third kappa shape index (κ3) is 5.33. The topological polar surface area (TPSA) is 269 Å². The molecule has 6 heterocycles. The van der Waals surface area contributed by atoms with E-state index in [1.807, 2.05) is 0 Å². The molecule has 21 heteroatoms. The molecular formula is C24H29N7O12P2. The smallest absolute Gasteiger partial charge is 0.398 e. The number of aryl methyl sites for hydroxylation is 1. The Morgan fingerprint density at radius 1 is 1.00 bits per heavy atom. The van der Waals surface area contributed by atoms with E-state index in [9.17, 15) is 33.9 Å². The van der Waals surface area contributed by atoms with Crippen LogP contribution in [0.25, 0.3) is 22.2 Å². The van der Waals surface area contributed by atoms with E-state index in [4.69, 9.17) is 28.6 Å². The molecule has 4 aromatic rings. The Balaban J connectivity index is 1.21. The van der Waals surface area contributed by atoms with Crippen molar-refractivity contribution in [2.24, 2.45) is 5.92 Å². The molecule has 4 aromatic heterocycles. The first-order chi connectivity index (χ1) is 21.3. The number of H-pyrrole nitrogens is 1. The second kappa shape index (κ2) is 11.0. The molecule has 4 unspecified atom stereocenters. The zero-order chi connectivity index (χ0) is 31.8. The number of anilines is 1. The summed E-state index contributed by atoms with van der Waals surface area (Å²) in [5, 5.41) is 23.0. The number of rotatable bonds is 2. The minimum absolute atomic E-state index is 0.0121. The van der Waals surface area contributed by atoms with Crippen LogP contribution in [0, 0.1) is 12.8 Å². The molecule has 7 N–H and O–H groups in total. The van der Waals surface area contributed by atoms with Crippen LogP contribution in [0.1, 0.15) is 24.3 Å². The molecule has 10 atom stereocenters. The Morgan fingerprint density at radius 2 is 1.73 bits per heavy atom. The van der Waals surface area contributed by atoms with Crippen LogP contribution in [0.4, 0.5) is 5.69 Å². The SMILES string of the molecule is Cc1cn([C@@H]2O[C@@H]3COP(=O)(O)O[C@H]4C(O)[C@@H](COP(=O)(O)OC3[C@@H]2O)C[C@H]4n2cnc3c(=O)[nH]cnc32)c2nccc(N)c12. The summed E-state index contributed by atoms with van der Waals surface area (Å²) in [5.41, 5.74) is 7.18. The number of hydrogen-bond acceptors (Lipinski definition) is 14. The molecule has 1 aliphatic carbocycles. The predicted molar refractivity (Wildman–Crippen MR) is 151 cm³/mol. The highest BCUT2D eigenvalue weighted by molar-refractivity contribution is 7.47. The Hall–Kier alpha value is -3.06. The third-order valence-electron chi connectivity index (χ3n) is 8.35. The quantitative estimate of drug-likeness (QED) is 0.156. The summed E-state index contributed by atoms with van der Waals surface area (Å²) in [4.78, 5) is 48.6. The summed E-state index contributed by atoms with van der Waals surface area (Å²) < 4.78 is 56.7. The fourth-order valence-corrected chi connectivity index (χ4v) is 8.27. The number of ether oxygens (including phenoxy) is 1. The number of fused-ring (bicyclic) bond motifs is 5. The molecule has 1 saturated carbocycles. The Kier molecular flexibility index (Phi) is 7.50. The number of imidazole rings is 1. The summed E-state index contributed by atoms with van der Waals surface area (Å²) >= 11 is 0. The van der Waals surface area contributed by atoms with Crippen molar-refractivity contribution in [1.82, 2.24) is 29.1 Å². The molecule has 3 fully saturated rings. The normalized spacial score (nSPS) is 37.7. The maximum atomic E-state index is 13.3. The van der Waals surface area contributed by atoms with E-state index in [1.54, 1.807) is 19.2 Å². The van der Waals surface area contributed by atoms with Gasteiger partial charge in [-0.1, -0.05) is 0 Å². The highest BCUT2D eigenvalue weighted by Crippen LogP contribution is 2.55. The van der Waals surface area contributed by atoms with Gasteiger partial charge < -0.3 is 44.6 Å². The van der Waals surface area contributed by atoms with E-state index >= 15 is 0 Å². The van der Waals surface area contributed by atoms with Crippen molar-refractivity contribution < 1.29 is 52.0 Å². The Morgan fingerprint density at radius 3 is 2.51 bits per heavy atom. The summed E-state index contributed by atoms with van der Waals surface area (Å²) in [6, 6.07) is 0.682. The number of aromatic amines is 1. The van der Waals surface area contributed by atoms with E-state index in [-0.39, 0.29) is 17.6 Å². The van der Waals surface area contributed by atoms with Gasteiger partial charge >= 0.3 is 15.6 Å². The number of nitrogens with one attached hydrogen (secondary N) is 1. The van der Waals surface area contributed by atoms with Crippen molar-refractivity contribution in [1.29, 1.82) is 0 Å². The average Bonchev–Trinajstić information content (AvgIpc) is 3.71. The van der Waals surface area contributed by atoms with Gasteiger partial charge in [0.05, 0.1) is 38.0 Å². The number of nitrogens with two attached hydrogens (primary N) is 1. The maximum absolute atomic E-state index is 13.3. The second-order valence-electron chi connectivity index (χ2n) is 11.2. The number of aromatic nitrogens is 6. The van der Waals surface area contributed by atoms with E-state index in [1.165, 1.54) is 21.7 Å². The summed E-state index contributed by atoms with van der Waals surface area (Å²) in [6.07, 6.45) is -3.26. The van der Waals surface area contributed by atoms with Gasteiger partial charge in [-0.25, -0.2) is 24.1 Å². The van der Waals surface area contributed by atoms with E-state index in [2.05, 4.69) is 19.9 Å². The lowest BCUT2D eigenvalue weighted by Gasteiger charge is -2.26. The predicted octanol–water partition coefficient (Wildman–Crippen LogP) is 0.258. The van der Waals surface area contributed by atoms with Crippen LogP contribution in [0.2, 0.25) is 0 Å². The van der Waals surface area contributed by atoms with Gasteiger partial charge in [-0.2, -0.15) is 0 Å². The van der Waals surface area contributed by atoms with Gasteiger partial charge in [-0.3, -0.25) is 22.9 Å². The first-order valence-corrected chi connectivity index (χ1v) is 16.8. The molecule has 0 aromatic carbocycles. The standard InChI is InChI=1S/C24H29N7O12P2/c1-10-5-30(21-15(10)12(25)2-3-26-21)24-18(33)20-14(41-24)7-40-45(37,38)42-19-13(4-11(17(19)32)6-39-44(35,36)43-20)31-9-29-16-22(31)27-8-28-23(16)34/h2-3,5,8-9,11,13-14,17-20,24,32-33H,4,6-7H2,1H3,(H2,25,26)(H,35,36)(H,37,38)(H,27,28,34)/t11-,13-,14-,17?,18+,19-,20?,24-/m1/s1. The van der Waals surface area contributed by atoms with Crippen LogP contribution in [0.3, 0.4) is 0 Å². The summed E-state index contributed by atoms with van der Waals surface area (Å²) in [5.74, 6) is -0.927. The highest BCUT2D eigenvalue weighted by Gasteiger charge is 2.53. The lowest BCUT2D eigenvalue weighted by molar-refractivity contribution is -0.0551. The lowest BCUT2D eigenvalue weighted by atomic mass is 10.1. The van der Waals surface area contributed by atoms with Gasteiger partial charge in [0.2, 0.25) is 0 Å². The van der Waals surface area contributed by atoms with Crippen LogP contribution < -0.4 is 11.3 Å². The number of phosphoric acid groups is 2. The number of phosphoric ester groups is 2. The van der Waals surface area contributed by atoms with Gasteiger partial charge in [-0.15, -0.1) is 0 Å². The Bertz CT molecular complexity index is 1930. The van der Waals surface area contributed by atoms with Crippen molar-refractivity contribution in [2.45, 2.75) is 56.1 Å². The number of aliphatic hydroxyl groups is 2. The molecule has 45 heavy (non-hydrogen) atoms. The monoisotopic (exact) mass is 669 g/mol. The number of hydrogen-bond donors (Lipinski definition) is 6. The van der Waals surface area contributed by atoms with Crippen LogP contribution in [-0.2, 0) is 32.0 Å². The second-order valence-corrected chi connectivity index (χ2v) is 14.0. The largest absolute Gasteiger partial charge is 0.472 e. The molecule has 2 aliphatic heterocycles. The van der Waals surface area contributed by atoms with Gasteiger partial charge in [0, 0.05) is 29.4 Å². The van der Waals surface area contributed by atoms with Crippen LogP contribution in [-0.4, -0.2) is 92.8 Å². The van der Waals surface area contributed by atoms with Gasteiger partial charge in [0.15, 0.2) is 17.4 Å². The molecule has 242 valence electrons. The first kappa shape index (κ1) is 30.6. The number of nitrogens with zero attached hydrogens (tertiary/aromatic N) is 5. The van der Waals surface area contributed by atoms with Crippen LogP contribution in [0.5, 0.6) is 0 Å². The van der Waals surface area contributed by atoms with Gasteiger partial charge in [0.1, 0.15) is 30.1 Å². The van der Waals surface area contributed by atoms with Crippen molar-refractivity contribution in [2.75, 3.05) is 18.9 Å². The zero-order valence-corrected chi connectivity index (χ0v) is 25.2. The minimum Gasteiger partial charge on any atom is -0.398 e. The lowest BCUT2D eigenvalue weighted by Crippen LogP contribution is -2.36. The van der Waals surface area contributed by atoms with Gasteiger partial charge in [0.25, 0.3) is 5.56 Å². The number of nitrogen functional groups attached to an aromatic ring is 1. The van der Waals surface area contributed by atoms with E-state index < -0.39 is 83.1 Å². The minimum atomic E-state index is -4.99. The van der Waals surface area contributed by atoms with E-state index in [0.29, 0.717) is 22.3 Å². The molecule has 19 nitrogen and oxygen atoms in total. The summed E-state index contributed by atoms with van der Waals surface area (Å²) in [6.45, 7) is 0.476. The molecular weight excluding hydrogens is 640 g/mol. The molecule has 2 bridgehead atoms. The van der Waals surface area contributed by atoms with Gasteiger partial charge in [-0.05, 0) is 25.0 Å². The van der Waals surface area contributed by atoms with Crippen molar-refractivity contribution in [3.05, 3.63) is 47.0 Å². The molecule has 3 aliphatic rings. The zero-order valence-electron chi connectivity index (χ0n) is 23.4. The molecule has 7 rings (SSSR count). The molecule has 0 amide bonds. The fraction of sp³-hybridized carbons (Fsp3) is 0.500. The van der Waals surface area contributed by atoms with Crippen LogP contribution in [0.15, 0.2) is 35.9 Å². The highest BCUT2D eigenvalue weighted by atomic mass is 31.2. The van der Waals surface area contributed by atoms with Crippen molar-refractivity contribution in [3.8, 4) is 0 Å². The number of aliphatic hydroxyl groups excluding tert-OH is 2.